The summed E-state index contributed by atoms with van der Waals surface area (Å²) in [5.41, 5.74) is 4.53. The highest BCUT2D eigenvalue weighted by Crippen LogP contribution is 2.47. The maximum atomic E-state index is 12.9. The van der Waals surface area contributed by atoms with Crippen LogP contribution in [0.1, 0.15) is 48.0 Å². The van der Waals surface area contributed by atoms with Crippen molar-refractivity contribution in [1.82, 2.24) is 9.78 Å². The lowest BCUT2D eigenvalue weighted by atomic mass is 9.78. The summed E-state index contributed by atoms with van der Waals surface area (Å²) in [5, 5.41) is 8.96. The van der Waals surface area contributed by atoms with Gasteiger partial charge in [-0.05, 0) is 57.0 Å². The predicted octanol–water partition coefficient (Wildman–Crippen LogP) is 5.30. The molecule has 0 spiro atoms. The van der Waals surface area contributed by atoms with Crippen LogP contribution in [0.3, 0.4) is 0 Å². The minimum Gasteiger partial charge on any atom is -0.465 e. The minimum atomic E-state index is -0.235. The first-order chi connectivity index (χ1) is 13.5. The maximum Gasteiger partial charge on any atom is 0.161 e. The van der Waals surface area contributed by atoms with E-state index in [9.17, 15) is 4.79 Å². The van der Waals surface area contributed by atoms with E-state index in [1.165, 1.54) is 0 Å². The fraction of sp³-hybridized carbons (Fsp3) is 0.273. The first kappa shape index (κ1) is 17.3. The molecule has 2 aromatic heterocycles. The number of halogens is 1. The van der Waals surface area contributed by atoms with E-state index in [-0.39, 0.29) is 11.7 Å². The number of allylic oxidation sites excluding steroid dienone is 2. The number of aromatic nitrogens is 2. The van der Waals surface area contributed by atoms with E-state index in [1.807, 2.05) is 54.9 Å². The number of nitrogens with zero attached hydrogens (tertiary/aromatic N) is 2. The second-order valence-electron chi connectivity index (χ2n) is 7.41. The highest BCUT2D eigenvalue weighted by atomic mass is 35.5. The fourth-order valence-electron chi connectivity index (χ4n) is 4.31. The summed E-state index contributed by atoms with van der Waals surface area (Å²) >= 11 is 6.21. The third-order valence-electron chi connectivity index (χ3n) is 5.51. The average Bonchev–Trinajstić information content (AvgIpc) is 3.24. The molecule has 0 unspecified atom stereocenters. The third kappa shape index (κ3) is 2.61. The normalized spacial score (nSPS) is 18.7. The molecule has 5 nitrogen and oxygen atoms in total. The Hall–Kier alpha value is -2.79. The van der Waals surface area contributed by atoms with Gasteiger partial charge < -0.3 is 9.73 Å². The topological polar surface area (TPSA) is 60.1 Å². The molecule has 2 aliphatic rings. The molecule has 1 N–H and O–H groups in total. The van der Waals surface area contributed by atoms with Crippen molar-refractivity contribution in [1.29, 1.82) is 0 Å². The number of rotatable bonds is 2. The van der Waals surface area contributed by atoms with E-state index < -0.39 is 0 Å². The zero-order valence-corrected chi connectivity index (χ0v) is 16.5. The summed E-state index contributed by atoms with van der Waals surface area (Å²) in [5.74, 6) is 2.46. The van der Waals surface area contributed by atoms with E-state index >= 15 is 0 Å². The predicted molar refractivity (Wildman–Crippen MR) is 108 cm³/mol. The molecular weight excluding hydrogens is 374 g/mol. The van der Waals surface area contributed by atoms with Crippen LogP contribution >= 0.6 is 11.6 Å². The molecule has 6 heteroatoms. The quantitative estimate of drug-likeness (QED) is 0.641. The van der Waals surface area contributed by atoms with Gasteiger partial charge in [-0.25, -0.2) is 4.68 Å². The van der Waals surface area contributed by atoms with E-state index in [1.54, 1.807) is 0 Å². The van der Waals surface area contributed by atoms with Crippen LogP contribution in [0.25, 0.3) is 5.69 Å². The molecule has 1 atom stereocenters. The highest BCUT2D eigenvalue weighted by molar-refractivity contribution is 6.30. The summed E-state index contributed by atoms with van der Waals surface area (Å²) in [7, 11) is 0. The molecule has 1 aromatic carbocycles. The summed E-state index contributed by atoms with van der Waals surface area (Å²) in [6.07, 6.45) is 2.28. The first-order valence-corrected chi connectivity index (χ1v) is 9.86. The van der Waals surface area contributed by atoms with Gasteiger partial charge in [0.1, 0.15) is 17.3 Å². The summed E-state index contributed by atoms with van der Waals surface area (Å²) in [6, 6.07) is 11.5. The van der Waals surface area contributed by atoms with Crippen LogP contribution in [0.5, 0.6) is 0 Å². The van der Waals surface area contributed by atoms with Crippen LogP contribution in [0.4, 0.5) is 5.82 Å². The Balaban J connectivity index is 1.75. The number of hydrogen-bond acceptors (Lipinski definition) is 4. The lowest BCUT2D eigenvalue weighted by Crippen LogP contribution is -2.27. The largest absolute Gasteiger partial charge is 0.465 e. The third-order valence-corrected chi connectivity index (χ3v) is 5.74. The molecule has 3 heterocycles. The molecule has 0 saturated heterocycles. The van der Waals surface area contributed by atoms with Crippen molar-refractivity contribution < 1.29 is 9.21 Å². The van der Waals surface area contributed by atoms with Gasteiger partial charge in [-0.1, -0.05) is 17.7 Å². The van der Waals surface area contributed by atoms with Crippen LogP contribution in [-0.4, -0.2) is 15.6 Å². The Morgan fingerprint density at radius 2 is 2.07 bits per heavy atom. The van der Waals surface area contributed by atoms with Gasteiger partial charge >= 0.3 is 0 Å². The zero-order chi connectivity index (χ0) is 19.4. The molecule has 0 fully saturated rings. The minimum absolute atomic E-state index is 0.188. The van der Waals surface area contributed by atoms with Gasteiger partial charge in [0, 0.05) is 28.3 Å². The molecule has 3 aromatic rings. The van der Waals surface area contributed by atoms with Crippen molar-refractivity contribution in [3.63, 3.8) is 0 Å². The Kier molecular flexibility index (Phi) is 3.95. The number of carbonyl (C=O) groups is 1. The molecule has 0 amide bonds. The smallest absolute Gasteiger partial charge is 0.161 e. The number of aryl methyl sites for hydroxylation is 2. The van der Waals surface area contributed by atoms with E-state index in [0.717, 1.165) is 58.4 Å². The van der Waals surface area contributed by atoms with Crippen molar-refractivity contribution in [2.24, 2.45) is 0 Å². The average molecular weight is 394 g/mol. The first-order valence-electron chi connectivity index (χ1n) is 9.48. The van der Waals surface area contributed by atoms with Crippen molar-refractivity contribution >= 4 is 23.2 Å². The molecule has 28 heavy (non-hydrogen) atoms. The van der Waals surface area contributed by atoms with Crippen LogP contribution in [0, 0.1) is 13.8 Å². The van der Waals surface area contributed by atoms with Gasteiger partial charge in [-0.2, -0.15) is 5.10 Å². The van der Waals surface area contributed by atoms with Gasteiger partial charge in [0.2, 0.25) is 0 Å². The summed E-state index contributed by atoms with van der Waals surface area (Å²) in [4.78, 5) is 12.9. The van der Waals surface area contributed by atoms with Gasteiger partial charge in [0.25, 0.3) is 0 Å². The molecule has 142 valence electrons. The van der Waals surface area contributed by atoms with Crippen LogP contribution in [0.2, 0.25) is 5.02 Å². The Labute approximate surface area is 168 Å². The molecule has 1 aliphatic carbocycles. The number of fused-ring (bicyclic) bond motifs is 1. The lowest BCUT2D eigenvalue weighted by molar-refractivity contribution is -0.116. The number of carbonyl (C=O) groups excluding carboxylic acids is 1. The molecule has 0 radical (unpaired) electrons. The molecule has 0 bridgehead atoms. The van der Waals surface area contributed by atoms with E-state index in [4.69, 9.17) is 21.1 Å². The Morgan fingerprint density at radius 1 is 1.21 bits per heavy atom. The Morgan fingerprint density at radius 3 is 2.82 bits per heavy atom. The van der Waals surface area contributed by atoms with Gasteiger partial charge in [0.15, 0.2) is 5.78 Å². The zero-order valence-electron chi connectivity index (χ0n) is 15.8. The lowest BCUT2D eigenvalue weighted by Gasteiger charge is -2.31. The molecular formula is C22H20ClN3O2. The number of ketones is 1. The van der Waals surface area contributed by atoms with Crippen LogP contribution in [0.15, 0.2) is 52.1 Å². The highest BCUT2D eigenvalue weighted by Gasteiger charge is 2.40. The second-order valence-corrected chi connectivity index (χ2v) is 7.85. The van der Waals surface area contributed by atoms with Crippen LogP contribution in [-0.2, 0) is 4.79 Å². The van der Waals surface area contributed by atoms with Crippen molar-refractivity contribution in [3.05, 3.63) is 75.5 Å². The maximum absolute atomic E-state index is 12.9. The van der Waals surface area contributed by atoms with E-state index in [2.05, 4.69) is 5.32 Å². The number of nitrogens with one attached hydrogen (secondary N) is 1. The Bertz CT molecular complexity index is 1140. The number of hydrogen-bond donors (Lipinski definition) is 1. The van der Waals surface area contributed by atoms with E-state index in [0.29, 0.717) is 11.4 Å². The fourth-order valence-corrected chi connectivity index (χ4v) is 4.49. The number of Topliss-reactive ketones (excluding diaryl/α,β-unsaturated/α-hetero) is 1. The number of furan rings is 1. The monoisotopic (exact) mass is 393 g/mol. The van der Waals surface area contributed by atoms with Crippen molar-refractivity contribution in [3.8, 4) is 5.69 Å². The standard InChI is InChI=1S/C22H20ClN3O2/c1-12-9-10-18(28-12)21-19-13(2)25-26(15-6-3-5-14(23)11-15)22(19)24-16-7-4-8-17(27)20(16)21/h3,5-6,9-11,21,24H,4,7-8H2,1-2H3/t21-/m0/s1. The molecule has 1 aliphatic heterocycles. The van der Waals surface area contributed by atoms with Crippen molar-refractivity contribution in [2.45, 2.75) is 39.0 Å². The van der Waals surface area contributed by atoms with Gasteiger partial charge in [0.05, 0.1) is 17.3 Å². The SMILES string of the molecule is Cc1ccc([C@@H]2C3=C(CCCC3=O)Nc3c2c(C)nn3-c2cccc(Cl)c2)o1. The van der Waals surface area contributed by atoms with Crippen molar-refractivity contribution in [2.75, 3.05) is 5.32 Å². The number of benzene rings is 1. The molecule has 5 rings (SSSR count). The summed E-state index contributed by atoms with van der Waals surface area (Å²) < 4.78 is 7.87. The van der Waals surface area contributed by atoms with Gasteiger partial charge in [-0.3, -0.25) is 4.79 Å². The van der Waals surface area contributed by atoms with Gasteiger partial charge in [-0.15, -0.1) is 0 Å². The van der Waals surface area contributed by atoms with Crippen LogP contribution < -0.4 is 5.32 Å². The summed E-state index contributed by atoms with van der Waals surface area (Å²) in [6.45, 7) is 3.90. The number of anilines is 1. The molecule has 0 saturated carbocycles. The second kappa shape index (κ2) is 6.38.